The third-order valence-electron chi connectivity index (χ3n) is 4.54. The van der Waals surface area contributed by atoms with Gasteiger partial charge in [0.05, 0.1) is 24.2 Å². The number of ether oxygens (including phenoxy) is 1. The van der Waals surface area contributed by atoms with Crippen LogP contribution < -0.4 is 10.1 Å². The number of carbonyl (C=O) groups is 1. The van der Waals surface area contributed by atoms with Crippen LogP contribution in [0.2, 0.25) is 5.02 Å². The normalized spacial score (nSPS) is 10.8. The first-order valence-corrected chi connectivity index (χ1v) is 9.61. The summed E-state index contributed by atoms with van der Waals surface area (Å²) >= 11 is 6.21. The van der Waals surface area contributed by atoms with E-state index >= 15 is 0 Å². The predicted octanol–water partition coefficient (Wildman–Crippen LogP) is 4.58. The highest BCUT2D eigenvalue weighted by Gasteiger charge is 2.11. The number of para-hydroxylation sites is 2. The standard InChI is InChI=1S/C22H24ClN3O2/c1-4-21(27)24-14-20-25-18-8-5-6-9-19(18)26(20)10-7-11-28-17-12-15(2)22(23)16(3)13-17/h4-6,8-9,12-13H,1,7,10-11,14H2,2-3H3,(H,24,27). The monoisotopic (exact) mass is 397 g/mol. The summed E-state index contributed by atoms with van der Waals surface area (Å²) in [4.78, 5) is 16.2. The third kappa shape index (κ3) is 4.54. The number of fused-ring (bicyclic) bond motifs is 1. The van der Waals surface area contributed by atoms with Gasteiger partial charge in [-0.2, -0.15) is 0 Å². The summed E-state index contributed by atoms with van der Waals surface area (Å²) in [5.41, 5.74) is 3.98. The molecule has 0 spiro atoms. The topological polar surface area (TPSA) is 56.2 Å². The third-order valence-corrected chi connectivity index (χ3v) is 5.14. The highest BCUT2D eigenvalue weighted by Crippen LogP contribution is 2.26. The van der Waals surface area contributed by atoms with E-state index in [1.54, 1.807) is 0 Å². The number of benzene rings is 2. The summed E-state index contributed by atoms with van der Waals surface area (Å²) in [6.45, 7) is 9.11. The van der Waals surface area contributed by atoms with Gasteiger partial charge >= 0.3 is 0 Å². The molecule has 0 unspecified atom stereocenters. The van der Waals surface area contributed by atoms with Gasteiger partial charge in [0.25, 0.3) is 0 Å². The number of aryl methyl sites for hydroxylation is 3. The molecule has 146 valence electrons. The Bertz CT molecular complexity index is 987. The van der Waals surface area contributed by atoms with E-state index < -0.39 is 0 Å². The molecule has 0 aliphatic carbocycles. The highest BCUT2D eigenvalue weighted by molar-refractivity contribution is 6.32. The van der Waals surface area contributed by atoms with Crippen LogP contribution in [0.1, 0.15) is 23.4 Å². The Hall–Kier alpha value is -2.79. The number of rotatable bonds is 8. The lowest BCUT2D eigenvalue weighted by Gasteiger charge is -2.12. The molecule has 1 heterocycles. The zero-order valence-corrected chi connectivity index (χ0v) is 16.9. The maximum atomic E-state index is 11.5. The first-order valence-electron chi connectivity index (χ1n) is 9.23. The Morgan fingerprint density at radius 1 is 1.29 bits per heavy atom. The van der Waals surface area contributed by atoms with E-state index in [1.165, 1.54) is 6.08 Å². The number of imidazole rings is 1. The average Bonchev–Trinajstić information content (AvgIpc) is 3.05. The molecule has 1 aromatic heterocycles. The zero-order valence-electron chi connectivity index (χ0n) is 16.2. The minimum Gasteiger partial charge on any atom is -0.494 e. The van der Waals surface area contributed by atoms with Gasteiger partial charge in [-0.25, -0.2) is 4.98 Å². The molecule has 1 amide bonds. The Kier molecular flexibility index (Phi) is 6.37. The van der Waals surface area contributed by atoms with Gasteiger partial charge < -0.3 is 14.6 Å². The van der Waals surface area contributed by atoms with Crippen LogP contribution in [0.5, 0.6) is 5.75 Å². The molecule has 1 N–H and O–H groups in total. The van der Waals surface area contributed by atoms with Crippen LogP contribution in [0.3, 0.4) is 0 Å². The fourth-order valence-corrected chi connectivity index (χ4v) is 3.26. The molecule has 3 aromatic rings. The number of hydrogen-bond acceptors (Lipinski definition) is 3. The SMILES string of the molecule is C=CC(=O)NCc1nc2ccccc2n1CCCOc1cc(C)c(Cl)c(C)c1. The van der Waals surface area contributed by atoms with E-state index in [4.69, 9.17) is 16.3 Å². The number of nitrogens with zero attached hydrogens (tertiary/aromatic N) is 2. The maximum absolute atomic E-state index is 11.5. The molecule has 0 aliphatic rings. The minimum atomic E-state index is -0.213. The van der Waals surface area contributed by atoms with Gasteiger partial charge in [0.15, 0.2) is 0 Å². The highest BCUT2D eigenvalue weighted by atomic mass is 35.5. The van der Waals surface area contributed by atoms with Crippen molar-refractivity contribution in [1.82, 2.24) is 14.9 Å². The Balaban J connectivity index is 1.67. The van der Waals surface area contributed by atoms with Gasteiger partial charge in [-0.3, -0.25) is 4.79 Å². The van der Waals surface area contributed by atoms with Crippen LogP contribution in [0.15, 0.2) is 49.1 Å². The molecule has 6 heteroatoms. The maximum Gasteiger partial charge on any atom is 0.243 e. The van der Waals surface area contributed by atoms with Crippen LogP contribution >= 0.6 is 11.6 Å². The molecule has 0 saturated carbocycles. The number of carbonyl (C=O) groups excluding carboxylic acids is 1. The Morgan fingerprint density at radius 3 is 2.71 bits per heavy atom. The van der Waals surface area contributed by atoms with Crippen molar-refractivity contribution in [3.8, 4) is 5.75 Å². The van der Waals surface area contributed by atoms with Gasteiger partial charge in [0, 0.05) is 11.6 Å². The van der Waals surface area contributed by atoms with Crippen molar-refractivity contribution in [1.29, 1.82) is 0 Å². The summed E-state index contributed by atoms with van der Waals surface area (Å²) in [6, 6.07) is 11.9. The number of hydrogen-bond donors (Lipinski definition) is 1. The lowest BCUT2D eigenvalue weighted by atomic mass is 10.1. The summed E-state index contributed by atoms with van der Waals surface area (Å²) in [5.74, 6) is 1.43. The second-order valence-electron chi connectivity index (χ2n) is 6.66. The van der Waals surface area contributed by atoms with E-state index in [2.05, 4.69) is 21.4 Å². The first kappa shape index (κ1) is 20.0. The zero-order chi connectivity index (χ0) is 20.1. The number of amides is 1. The molecule has 0 saturated heterocycles. The second kappa shape index (κ2) is 8.93. The largest absolute Gasteiger partial charge is 0.494 e. The predicted molar refractivity (Wildman–Crippen MR) is 113 cm³/mol. The van der Waals surface area contributed by atoms with Crippen molar-refractivity contribution in [3.63, 3.8) is 0 Å². The van der Waals surface area contributed by atoms with Gasteiger partial charge in [-0.15, -0.1) is 0 Å². The Morgan fingerprint density at radius 2 is 2.00 bits per heavy atom. The van der Waals surface area contributed by atoms with E-state index in [0.29, 0.717) is 13.2 Å². The van der Waals surface area contributed by atoms with Crippen molar-refractivity contribution in [2.75, 3.05) is 6.61 Å². The second-order valence-corrected chi connectivity index (χ2v) is 7.04. The summed E-state index contributed by atoms with van der Waals surface area (Å²) < 4.78 is 8.04. The molecule has 0 radical (unpaired) electrons. The summed E-state index contributed by atoms with van der Waals surface area (Å²) in [7, 11) is 0. The first-order chi connectivity index (χ1) is 13.5. The number of halogens is 1. The van der Waals surface area contributed by atoms with Gasteiger partial charge in [-0.05, 0) is 61.7 Å². The smallest absolute Gasteiger partial charge is 0.243 e. The number of aromatic nitrogens is 2. The van der Waals surface area contributed by atoms with E-state index in [1.807, 2.05) is 50.2 Å². The summed E-state index contributed by atoms with van der Waals surface area (Å²) in [6.07, 6.45) is 2.07. The van der Waals surface area contributed by atoms with E-state index in [0.717, 1.165) is 51.7 Å². The molecule has 0 fully saturated rings. The van der Waals surface area contributed by atoms with Crippen LogP contribution in [0.25, 0.3) is 11.0 Å². The van der Waals surface area contributed by atoms with E-state index in [-0.39, 0.29) is 5.91 Å². The lowest BCUT2D eigenvalue weighted by Crippen LogP contribution is -2.22. The molecule has 0 bridgehead atoms. The van der Waals surface area contributed by atoms with Crippen molar-refractivity contribution in [2.45, 2.75) is 33.4 Å². The van der Waals surface area contributed by atoms with Crippen LogP contribution in [0.4, 0.5) is 0 Å². The molecular formula is C22H24ClN3O2. The lowest BCUT2D eigenvalue weighted by molar-refractivity contribution is -0.116. The van der Waals surface area contributed by atoms with Gasteiger partial charge in [-0.1, -0.05) is 30.3 Å². The molecular weight excluding hydrogens is 374 g/mol. The summed E-state index contributed by atoms with van der Waals surface area (Å²) in [5, 5.41) is 3.58. The quantitative estimate of drug-likeness (QED) is 0.447. The van der Waals surface area contributed by atoms with Crippen molar-refractivity contribution in [2.24, 2.45) is 0 Å². The van der Waals surface area contributed by atoms with Crippen LogP contribution in [-0.2, 0) is 17.9 Å². The fourth-order valence-electron chi connectivity index (χ4n) is 3.15. The van der Waals surface area contributed by atoms with E-state index in [9.17, 15) is 4.79 Å². The van der Waals surface area contributed by atoms with Crippen LogP contribution in [0, 0.1) is 13.8 Å². The number of nitrogens with one attached hydrogen (secondary N) is 1. The van der Waals surface area contributed by atoms with Gasteiger partial charge in [0.1, 0.15) is 11.6 Å². The molecule has 2 aromatic carbocycles. The molecule has 3 rings (SSSR count). The van der Waals surface area contributed by atoms with Crippen molar-refractivity contribution in [3.05, 3.63) is 71.0 Å². The van der Waals surface area contributed by atoms with Gasteiger partial charge in [0.2, 0.25) is 5.91 Å². The average molecular weight is 398 g/mol. The van der Waals surface area contributed by atoms with Crippen LogP contribution in [-0.4, -0.2) is 22.1 Å². The molecule has 28 heavy (non-hydrogen) atoms. The molecule has 0 aliphatic heterocycles. The van der Waals surface area contributed by atoms with Crippen molar-refractivity contribution < 1.29 is 9.53 Å². The fraction of sp³-hybridized carbons (Fsp3) is 0.273. The van der Waals surface area contributed by atoms with Crippen molar-refractivity contribution >= 4 is 28.5 Å². The minimum absolute atomic E-state index is 0.213. The molecule has 0 atom stereocenters. The Labute approximate surface area is 170 Å². The molecule has 5 nitrogen and oxygen atoms in total.